The van der Waals surface area contributed by atoms with Crippen LogP contribution in [0.25, 0.3) is 0 Å². The Kier molecular flexibility index (Phi) is 3.32. The SMILES string of the molecule is CC(C)(CCN)Oc1ccccc1. The molecule has 0 amide bonds. The normalized spacial score (nSPS) is 11.3. The lowest BCUT2D eigenvalue weighted by atomic mass is 10.1. The van der Waals surface area contributed by atoms with E-state index in [1.165, 1.54) is 0 Å². The number of rotatable bonds is 4. The third-order valence-electron chi connectivity index (χ3n) is 1.88. The van der Waals surface area contributed by atoms with Crippen LogP contribution in [0.4, 0.5) is 0 Å². The summed E-state index contributed by atoms with van der Waals surface area (Å²) in [6, 6.07) is 9.82. The highest BCUT2D eigenvalue weighted by Gasteiger charge is 2.17. The number of ether oxygens (including phenoxy) is 1. The molecule has 0 aliphatic rings. The number of para-hydroxylation sites is 1. The van der Waals surface area contributed by atoms with Crippen LogP contribution >= 0.6 is 0 Å². The molecular formula is C11H17NO. The van der Waals surface area contributed by atoms with E-state index >= 15 is 0 Å². The molecule has 2 heteroatoms. The predicted molar refractivity (Wildman–Crippen MR) is 54.8 cm³/mol. The van der Waals surface area contributed by atoms with E-state index < -0.39 is 0 Å². The fourth-order valence-electron chi connectivity index (χ4n) is 1.21. The van der Waals surface area contributed by atoms with Gasteiger partial charge in [-0.2, -0.15) is 0 Å². The molecule has 2 nitrogen and oxygen atoms in total. The summed E-state index contributed by atoms with van der Waals surface area (Å²) >= 11 is 0. The van der Waals surface area contributed by atoms with Gasteiger partial charge in [-0.25, -0.2) is 0 Å². The van der Waals surface area contributed by atoms with Crippen LogP contribution in [-0.2, 0) is 0 Å². The molecule has 0 radical (unpaired) electrons. The predicted octanol–water partition coefficient (Wildman–Crippen LogP) is 2.19. The van der Waals surface area contributed by atoms with E-state index in [-0.39, 0.29) is 5.60 Å². The molecule has 0 aromatic heterocycles. The van der Waals surface area contributed by atoms with Gasteiger partial charge in [-0.15, -0.1) is 0 Å². The first kappa shape index (κ1) is 10.1. The van der Waals surface area contributed by atoms with E-state index in [1.54, 1.807) is 0 Å². The number of nitrogens with two attached hydrogens (primary N) is 1. The number of hydrogen-bond donors (Lipinski definition) is 1. The van der Waals surface area contributed by atoms with Gasteiger partial charge in [0.1, 0.15) is 11.4 Å². The molecule has 0 saturated heterocycles. The van der Waals surface area contributed by atoms with Crippen molar-refractivity contribution >= 4 is 0 Å². The highest BCUT2D eigenvalue weighted by molar-refractivity contribution is 5.21. The van der Waals surface area contributed by atoms with Crippen molar-refractivity contribution in [3.63, 3.8) is 0 Å². The summed E-state index contributed by atoms with van der Waals surface area (Å²) in [5.74, 6) is 0.904. The summed E-state index contributed by atoms with van der Waals surface area (Å²) in [5, 5.41) is 0. The summed E-state index contributed by atoms with van der Waals surface area (Å²) in [6.45, 7) is 4.75. The third kappa shape index (κ3) is 3.47. The first-order chi connectivity index (χ1) is 6.14. The van der Waals surface area contributed by atoms with Crippen molar-refractivity contribution in [2.24, 2.45) is 5.73 Å². The molecule has 0 spiro atoms. The van der Waals surface area contributed by atoms with Gasteiger partial charge in [0.2, 0.25) is 0 Å². The van der Waals surface area contributed by atoms with Gasteiger partial charge in [0.15, 0.2) is 0 Å². The van der Waals surface area contributed by atoms with Crippen LogP contribution < -0.4 is 10.5 Å². The maximum Gasteiger partial charge on any atom is 0.120 e. The summed E-state index contributed by atoms with van der Waals surface area (Å²) in [4.78, 5) is 0. The van der Waals surface area contributed by atoms with Crippen molar-refractivity contribution in [3.05, 3.63) is 30.3 Å². The zero-order chi connectivity index (χ0) is 9.73. The summed E-state index contributed by atoms with van der Waals surface area (Å²) < 4.78 is 5.76. The fourth-order valence-corrected chi connectivity index (χ4v) is 1.21. The Morgan fingerprint density at radius 3 is 2.38 bits per heavy atom. The van der Waals surface area contributed by atoms with Crippen LogP contribution in [0, 0.1) is 0 Å². The van der Waals surface area contributed by atoms with E-state index in [9.17, 15) is 0 Å². The molecule has 1 aromatic carbocycles. The van der Waals surface area contributed by atoms with Crippen LogP contribution in [0.2, 0.25) is 0 Å². The number of hydrogen-bond acceptors (Lipinski definition) is 2. The van der Waals surface area contributed by atoms with Crippen LogP contribution in [-0.4, -0.2) is 12.1 Å². The first-order valence-electron chi connectivity index (χ1n) is 4.58. The molecule has 0 saturated carbocycles. The van der Waals surface area contributed by atoms with Gasteiger partial charge in [-0.3, -0.25) is 0 Å². The molecule has 1 rings (SSSR count). The molecule has 0 unspecified atom stereocenters. The highest BCUT2D eigenvalue weighted by Crippen LogP contribution is 2.19. The maximum atomic E-state index is 5.76. The van der Waals surface area contributed by atoms with E-state index in [4.69, 9.17) is 10.5 Å². The average Bonchev–Trinajstić information content (AvgIpc) is 2.04. The second kappa shape index (κ2) is 4.28. The number of benzene rings is 1. The Morgan fingerprint density at radius 1 is 1.23 bits per heavy atom. The van der Waals surface area contributed by atoms with Crippen molar-refractivity contribution in [2.45, 2.75) is 25.9 Å². The monoisotopic (exact) mass is 179 g/mol. The maximum absolute atomic E-state index is 5.76. The van der Waals surface area contributed by atoms with Gasteiger partial charge in [-0.1, -0.05) is 18.2 Å². The van der Waals surface area contributed by atoms with E-state index in [0.29, 0.717) is 6.54 Å². The molecule has 0 fully saturated rings. The second-order valence-electron chi connectivity index (χ2n) is 3.71. The van der Waals surface area contributed by atoms with E-state index in [2.05, 4.69) is 0 Å². The minimum Gasteiger partial charge on any atom is -0.488 e. The topological polar surface area (TPSA) is 35.2 Å². The van der Waals surface area contributed by atoms with Crippen LogP contribution in [0.5, 0.6) is 5.75 Å². The van der Waals surface area contributed by atoms with Crippen molar-refractivity contribution < 1.29 is 4.74 Å². The Bertz CT molecular complexity index is 244. The second-order valence-corrected chi connectivity index (χ2v) is 3.71. The average molecular weight is 179 g/mol. The van der Waals surface area contributed by atoms with Crippen LogP contribution in [0.3, 0.4) is 0 Å². The van der Waals surface area contributed by atoms with Crippen molar-refractivity contribution in [1.29, 1.82) is 0 Å². The molecule has 0 atom stereocenters. The van der Waals surface area contributed by atoms with Crippen molar-refractivity contribution in [3.8, 4) is 5.75 Å². The fraction of sp³-hybridized carbons (Fsp3) is 0.455. The molecule has 0 bridgehead atoms. The van der Waals surface area contributed by atoms with E-state index in [1.807, 2.05) is 44.2 Å². The highest BCUT2D eigenvalue weighted by atomic mass is 16.5. The molecule has 2 N–H and O–H groups in total. The zero-order valence-electron chi connectivity index (χ0n) is 8.29. The zero-order valence-corrected chi connectivity index (χ0v) is 8.29. The minimum absolute atomic E-state index is 0.171. The molecule has 0 heterocycles. The van der Waals surface area contributed by atoms with Crippen LogP contribution in [0.1, 0.15) is 20.3 Å². The third-order valence-corrected chi connectivity index (χ3v) is 1.88. The summed E-state index contributed by atoms with van der Waals surface area (Å²) in [7, 11) is 0. The van der Waals surface area contributed by atoms with Crippen molar-refractivity contribution in [1.82, 2.24) is 0 Å². The van der Waals surface area contributed by atoms with Gasteiger partial charge < -0.3 is 10.5 Å². The molecule has 1 aromatic rings. The van der Waals surface area contributed by atoms with Gasteiger partial charge in [0.25, 0.3) is 0 Å². The summed E-state index contributed by atoms with van der Waals surface area (Å²) in [6.07, 6.45) is 0.863. The molecule has 13 heavy (non-hydrogen) atoms. The Balaban J connectivity index is 2.58. The largest absolute Gasteiger partial charge is 0.488 e. The molecule has 0 aliphatic heterocycles. The van der Waals surface area contributed by atoms with Gasteiger partial charge in [0.05, 0.1) is 0 Å². The smallest absolute Gasteiger partial charge is 0.120 e. The molecule has 0 aliphatic carbocycles. The standard InChI is InChI=1S/C11H17NO/c1-11(2,8-9-12)13-10-6-4-3-5-7-10/h3-7H,8-9,12H2,1-2H3. The van der Waals surface area contributed by atoms with Crippen molar-refractivity contribution in [2.75, 3.05) is 6.54 Å². The Hall–Kier alpha value is -1.02. The first-order valence-corrected chi connectivity index (χ1v) is 4.58. The lowest BCUT2D eigenvalue weighted by molar-refractivity contribution is 0.102. The van der Waals surface area contributed by atoms with Gasteiger partial charge >= 0.3 is 0 Å². The van der Waals surface area contributed by atoms with E-state index in [0.717, 1.165) is 12.2 Å². The minimum atomic E-state index is -0.171. The van der Waals surface area contributed by atoms with Gasteiger partial charge in [-0.05, 0) is 38.9 Å². The lowest BCUT2D eigenvalue weighted by Gasteiger charge is -2.25. The quantitative estimate of drug-likeness (QED) is 0.769. The molecule has 72 valence electrons. The summed E-state index contributed by atoms with van der Waals surface area (Å²) in [5.41, 5.74) is 5.32. The Labute approximate surface area is 79.7 Å². The molecular weight excluding hydrogens is 162 g/mol. The lowest BCUT2D eigenvalue weighted by Crippen LogP contribution is -2.31. The van der Waals surface area contributed by atoms with Gasteiger partial charge in [0, 0.05) is 0 Å². The Morgan fingerprint density at radius 2 is 1.85 bits per heavy atom. The van der Waals surface area contributed by atoms with Crippen LogP contribution in [0.15, 0.2) is 30.3 Å².